The minimum atomic E-state index is 0.633. The first-order valence-corrected chi connectivity index (χ1v) is 7.90. The molecule has 1 saturated heterocycles. The second-order valence-electron chi connectivity index (χ2n) is 5.43. The molecular formula is C15H32N2. The molecule has 1 unspecified atom stereocenters. The molecule has 0 aliphatic carbocycles. The Labute approximate surface area is 108 Å². The van der Waals surface area contributed by atoms with Crippen molar-refractivity contribution in [3.63, 3.8) is 0 Å². The predicted molar refractivity (Wildman–Crippen MR) is 76.3 cm³/mol. The van der Waals surface area contributed by atoms with Crippen LogP contribution in [0.2, 0.25) is 0 Å². The van der Waals surface area contributed by atoms with E-state index in [9.17, 15) is 0 Å². The molecule has 102 valence electrons. The lowest BCUT2D eigenvalue weighted by molar-refractivity contribution is 0.307. The third-order valence-electron chi connectivity index (χ3n) is 3.74. The van der Waals surface area contributed by atoms with Gasteiger partial charge < -0.3 is 10.6 Å². The maximum Gasteiger partial charge on any atom is 0.0583 e. The molecule has 1 rings (SSSR count). The van der Waals surface area contributed by atoms with Gasteiger partial charge in [0.2, 0.25) is 0 Å². The highest BCUT2D eigenvalue weighted by Crippen LogP contribution is 2.10. The van der Waals surface area contributed by atoms with Gasteiger partial charge in [-0.05, 0) is 25.9 Å². The maximum atomic E-state index is 3.53. The average molecular weight is 240 g/mol. The van der Waals surface area contributed by atoms with Crippen LogP contribution < -0.4 is 10.6 Å². The molecule has 1 atom stereocenters. The van der Waals surface area contributed by atoms with Crippen LogP contribution in [0.1, 0.15) is 77.6 Å². The van der Waals surface area contributed by atoms with Gasteiger partial charge in [0.05, 0.1) is 6.17 Å². The minimum Gasteiger partial charge on any atom is -0.302 e. The molecule has 0 bridgehead atoms. The van der Waals surface area contributed by atoms with Crippen molar-refractivity contribution in [2.24, 2.45) is 0 Å². The molecule has 0 aromatic rings. The van der Waals surface area contributed by atoms with Gasteiger partial charge in [-0.3, -0.25) is 0 Å². The Morgan fingerprint density at radius 1 is 0.882 bits per heavy atom. The van der Waals surface area contributed by atoms with E-state index in [0.717, 1.165) is 0 Å². The van der Waals surface area contributed by atoms with E-state index in [2.05, 4.69) is 17.6 Å². The Morgan fingerprint density at radius 2 is 1.41 bits per heavy atom. The lowest BCUT2D eigenvalue weighted by atomic mass is 10.1. The Morgan fingerprint density at radius 3 is 1.88 bits per heavy atom. The Hall–Kier alpha value is -0.0800. The van der Waals surface area contributed by atoms with Crippen molar-refractivity contribution < 1.29 is 0 Å². The molecule has 2 nitrogen and oxygen atoms in total. The summed E-state index contributed by atoms with van der Waals surface area (Å²) in [4.78, 5) is 0. The molecule has 0 aromatic carbocycles. The third kappa shape index (κ3) is 8.62. The molecule has 1 aliphatic heterocycles. The monoisotopic (exact) mass is 240 g/mol. The van der Waals surface area contributed by atoms with Gasteiger partial charge in [0.1, 0.15) is 0 Å². The Bertz CT molecular complexity index is 155. The van der Waals surface area contributed by atoms with Crippen LogP contribution in [0.4, 0.5) is 0 Å². The summed E-state index contributed by atoms with van der Waals surface area (Å²) < 4.78 is 0. The van der Waals surface area contributed by atoms with Crippen LogP contribution in [-0.4, -0.2) is 19.3 Å². The summed E-state index contributed by atoms with van der Waals surface area (Å²) in [5.41, 5.74) is 0. The molecule has 0 amide bonds. The van der Waals surface area contributed by atoms with Crippen LogP contribution in [0.5, 0.6) is 0 Å². The fourth-order valence-corrected chi connectivity index (χ4v) is 2.35. The smallest absolute Gasteiger partial charge is 0.0583 e. The summed E-state index contributed by atoms with van der Waals surface area (Å²) in [5, 5.41) is 6.90. The summed E-state index contributed by atoms with van der Waals surface area (Å²) in [6.07, 6.45) is 16.2. The molecule has 0 saturated carbocycles. The van der Waals surface area contributed by atoms with Crippen molar-refractivity contribution in [3.8, 4) is 0 Å². The largest absolute Gasteiger partial charge is 0.302 e. The SMILES string of the molecule is CCCCCCCCCCCCNC1CCN1. The summed E-state index contributed by atoms with van der Waals surface area (Å²) in [5.74, 6) is 0. The fourth-order valence-electron chi connectivity index (χ4n) is 2.35. The molecule has 1 heterocycles. The predicted octanol–water partition coefficient (Wildman–Crippen LogP) is 3.82. The van der Waals surface area contributed by atoms with Crippen molar-refractivity contribution in [1.82, 2.24) is 10.6 Å². The zero-order valence-electron chi connectivity index (χ0n) is 11.8. The van der Waals surface area contributed by atoms with E-state index in [1.54, 1.807) is 0 Å². The topological polar surface area (TPSA) is 24.1 Å². The standard InChI is InChI=1S/C15H32N2/c1-2-3-4-5-6-7-8-9-10-11-13-16-15-12-14-17-15/h15-17H,2-14H2,1H3. The van der Waals surface area contributed by atoms with Gasteiger partial charge in [-0.25, -0.2) is 0 Å². The molecule has 1 fully saturated rings. The van der Waals surface area contributed by atoms with E-state index >= 15 is 0 Å². The number of hydrogen-bond donors (Lipinski definition) is 2. The van der Waals surface area contributed by atoms with Crippen LogP contribution in [0.15, 0.2) is 0 Å². The minimum absolute atomic E-state index is 0.633. The lowest BCUT2D eigenvalue weighted by Crippen LogP contribution is -2.52. The zero-order chi connectivity index (χ0) is 12.2. The van der Waals surface area contributed by atoms with E-state index in [4.69, 9.17) is 0 Å². The molecule has 2 N–H and O–H groups in total. The van der Waals surface area contributed by atoms with Crippen LogP contribution in [0, 0.1) is 0 Å². The van der Waals surface area contributed by atoms with Crippen LogP contribution in [-0.2, 0) is 0 Å². The van der Waals surface area contributed by atoms with Gasteiger partial charge in [0, 0.05) is 0 Å². The van der Waals surface area contributed by atoms with Crippen molar-refractivity contribution >= 4 is 0 Å². The summed E-state index contributed by atoms with van der Waals surface area (Å²) in [7, 11) is 0. The number of unbranched alkanes of at least 4 members (excludes halogenated alkanes) is 9. The normalized spacial score (nSPS) is 19.2. The van der Waals surface area contributed by atoms with Crippen molar-refractivity contribution in [2.75, 3.05) is 13.1 Å². The molecule has 0 aromatic heterocycles. The molecule has 17 heavy (non-hydrogen) atoms. The van der Waals surface area contributed by atoms with Gasteiger partial charge >= 0.3 is 0 Å². The van der Waals surface area contributed by atoms with Crippen molar-refractivity contribution in [3.05, 3.63) is 0 Å². The molecule has 0 spiro atoms. The average Bonchev–Trinajstić information content (AvgIpc) is 2.28. The fraction of sp³-hybridized carbons (Fsp3) is 1.00. The van der Waals surface area contributed by atoms with E-state index < -0.39 is 0 Å². The zero-order valence-corrected chi connectivity index (χ0v) is 11.8. The highest BCUT2D eigenvalue weighted by molar-refractivity contribution is 4.74. The highest BCUT2D eigenvalue weighted by atomic mass is 15.2. The second-order valence-corrected chi connectivity index (χ2v) is 5.43. The molecule has 1 aliphatic rings. The van der Waals surface area contributed by atoms with E-state index in [-0.39, 0.29) is 0 Å². The highest BCUT2D eigenvalue weighted by Gasteiger charge is 2.13. The third-order valence-corrected chi connectivity index (χ3v) is 3.74. The first-order valence-electron chi connectivity index (χ1n) is 7.90. The van der Waals surface area contributed by atoms with E-state index in [1.807, 2.05) is 0 Å². The second kappa shape index (κ2) is 11.0. The first-order chi connectivity index (χ1) is 8.43. The summed E-state index contributed by atoms with van der Waals surface area (Å²) in [6.45, 7) is 4.69. The van der Waals surface area contributed by atoms with Crippen LogP contribution in [0.25, 0.3) is 0 Å². The Balaban J connectivity index is 1.64. The summed E-state index contributed by atoms with van der Waals surface area (Å²) >= 11 is 0. The van der Waals surface area contributed by atoms with Gasteiger partial charge in [0.25, 0.3) is 0 Å². The van der Waals surface area contributed by atoms with Gasteiger partial charge in [0.15, 0.2) is 0 Å². The molecular weight excluding hydrogens is 208 g/mol. The lowest BCUT2D eigenvalue weighted by Gasteiger charge is -2.28. The number of hydrogen-bond acceptors (Lipinski definition) is 2. The number of rotatable bonds is 12. The summed E-state index contributed by atoms with van der Waals surface area (Å²) in [6, 6.07) is 0. The molecule has 0 radical (unpaired) electrons. The van der Waals surface area contributed by atoms with Crippen LogP contribution >= 0.6 is 0 Å². The Kier molecular flexibility index (Phi) is 9.72. The van der Waals surface area contributed by atoms with Gasteiger partial charge in [-0.2, -0.15) is 0 Å². The van der Waals surface area contributed by atoms with Gasteiger partial charge in [-0.1, -0.05) is 64.7 Å². The van der Waals surface area contributed by atoms with Crippen molar-refractivity contribution in [2.45, 2.75) is 83.7 Å². The first kappa shape index (κ1) is 15.0. The van der Waals surface area contributed by atoms with E-state index in [1.165, 1.54) is 83.7 Å². The maximum absolute atomic E-state index is 3.53. The van der Waals surface area contributed by atoms with Crippen LogP contribution in [0.3, 0.4) is 0 Å². The quantitative estimate of drug-likeness (QED) is 0.507. The van der Waals surface area contributed by atoms with Crippen molar-refractivity contribution in [1.29, 1.82) is 0 Å². The van der Waals surface area contributed by atoms with E-state index in [0.29, 0.717) is 6.17 Å². The molecule has 2 heteroatoms. The number of nitrogens with one attached hydrogen (secondary N) is 2. The van der Waals surface area contributed by atoms with Gasteiger partial charge in [-0.15, -0.1) is 0 Å².